The third-order valence-corrected chi connectivity index (χ3v) is 3.28. The SMILES string of the molecule is Cc1ccc(OC2(C)CCCNCC2)cc1. The molecule has 2 heteroatoms. The van der Waals surface area contributed by atoms with Gasteiger partial charge in [-0.1, -0.05) is 17.7 Å². The fourth-order valence-electron chi connectivity index (χ4n) is 2.18. The highest BCUT2D eigenvalue weighted by Gasteiger charge is 2.27. The topological polar surface area (TPSA) is 21.3 Å². The summed E-state index contributed by atoms with van der Waals surface area (Å²) in [5.41, 5.74) is 1.28. The molecule has 0 aromatic heterocycles. The van der Waals surface area contributed by atoms with Gasteiger partial charge in [-0.2, -0.15) is 0 Å². The standard InChI is InChI=1S/C14H21NO/c1-12-4-6-13(7-5-12)16-14(2)8-3-10-15-11-9-14/h4-7,15H,3,8-11H2,1-2H3. The van der Waals surface area contributed by atoms with E-state index in [1.165, 1.54) is 12.0 Å². The molecule has 0 amide bonds. The first-order valence-corrected chi connectivity index (χ1v) is 6.14. The van der Waals surface area contributed by atoms with Gasteiger partial charge < -0.3 is 10.1 Å². The Morgan fingerprint density at radius 3 is 2.62 bits per heavy atom. The fourth-order valence-corrected chi connectivity index (χ4v) is 2.18. The molecule has 2 rings (SSSR count). The van der Waals surface area contributed by atoms with Gasteiger partial charge in [-0.25, -0.2) is 0 Å². The van der Waals surface area contributed by atoms with E-state index in [9.17, 15) is 0 Å². The van der Waals surface area contributed by atoms with E-state index in [2.05, 4.69) is 43.4 Å². The maximum atomic E-state index is 6.14. The predicted molar refractivity (Wildman–Crippen MR) is 66.9 cm³/mol. The zero-order valence-electron chi connectivity index (χ0n) is 10.3. The van der Waals surface area contributed by atoms with Crippen molar-refractivity contribution < 1.29 is 4.74 Å². The summed E-state index contributed by atoms with van der Waals surface area (Å²) < 4.78 is 6.14. The lowest BCUT2D eigenvalue weighted by molar-refractivity contribution is 0.0756. The molecule has 0 radical (unpaired) electrons. The molecule has 1 aliphatic heterocycles. The quantitative estimate of drug-likeness (QED) is 0.825. The molecule has 1 fully saturated rings. The average molecular weight is 219 g/mol. The van der Waals surface area contributed by atoms with Gasteiger partial charge in [0.15, 0.2) is 0 Å². The van der Waals surface area contributed by atoms with Crippen LogP contribution in [0.4, 0.5) is 0 Å². The lowest BCUT2D eigenvalue weighted by atomic mass is 9.97. The minimum atomic E-state index is -0.00123. The van der Waals surface area contributed by atoms with Crippen molar-refractivity contribution in [3.05, 3.63) is 29.8 Å². The van der Waals surface area contributed by atoms with Crippen LogP contribution in [0.25, 0.3) is 0 Å². The first kappa shape index (κ1) is 11.5. The van der Waals surface area contributed by atoms with Crippen LogP contribution >= 0.6 is 0 Å². The second kappa shape index (κ2) is 4.88. The summed E-state index contributed by atoms with van der Waals surface area (Å²) in [6, 6.07) is 8.35. The number of aryl methyl sites for hydroxylation is 1. The molecule has 1 saturated heterocycles. The van der Waals surface area contributed by atoms with E-state index in [-0.39, 0.29) is 5.60 Å². The molecule has 88 valence electrons. The molecule has 1 atom stereocenters. The van der Waals surface area contributed by atoms with Gasteiger partial charge in [0.1, 0.15) is 11.4 Å². The lowest BCUT2D eigenvalue weighted by Gasteiger charge is -2.29. The van der Waals surface area contributed by atoms with Gasteiger partial charge in [-0.05, 0) is 58.3 Å². The van der Waals surface area contributed by atoms with Crippen molar-refractivity contribution in [3.8, 4) is 5.75 Å². The Morgan fingerprint density at radius 1 is 1.12 bits per heavy atom. The van der Waals surface area contributed by atoms with Crippen LogP contribution in [0, 0.1) is 6.92 Å². The average Bonchev–Trinajstić information content (AvgIpc) is 2.47. The highest BCUT2D eigenvalue weighted by Crippen LogP contribution is 2.26. The molecule has 1 heterocycles. The van der Waals surface area contributed by atoms with E-state index in [0.29, 0.717) is 0 Å². The molecule has 0 spiro atoms. The number of hydrogen-bond donors (Lipinski definition) is 1. The van der Waals surface area contributed by atoms with Crippen molar-refractivity contribution in [2.24, 2.45) is 0 Å². The van der Waals surface area contributed by atoms with Crippen molar-refractivity contribution in [1.82, 2.24) is 5.32 Å². The molecule has 1 unspecified atom stereocenters. The van der Waals surface area contributed by atoms with Crippen LogP contribution in [0.15, 0.2) is 24.3 Å². The predicted octanol–water partition coefficient (Wildman–Crippen LogP) is 2.91. The second-order valence-electron chi connectivity index (χ2n) is 4.97. The minimum Gasteiger partial charge on any atom is -0.488 e. The zero-order valence-corrected chi connectivity index (χ0v) is 10.3. The molecule has 1 aromatic rings. The zero-order chi connectivity index (χ0) is 11.4. The van der Waals surface area contributed by atoms with Crippen LogP contribution < -0.4 is 10.1 Å². The van der Waals surface area contributed by atoms with Crippen LogP contribution in [0.3, 0.4) is 0 Å². The Morgan fingerprint density at radius 2 is 1.88 bits per heavy atom. The van der Waals surface area contributed by atoms with Gasteiger partial charge in [0.25, 0.3) is 0 Å². The van der Waals surface area contributed by atoms with Gasteiger partial charge in [-0.3, -0.25) is 0 Å². The third kappa shape index (κ3) is 2.99. The van der Waals surface area contributed by atoms with Crippen molar-refractivity contribution in [1.29, 1.82) is 0 Å². The summed E-state index contributed by atoms with van der Waals surface area (Å²) in [6.45, 7) is 6.50. The summed E-state index contributed by atoms with van der Waals surface area (Å²) in [5.74, 6) is 0.995. The van der Waals surface area contributed by atoms with Crippen molar-refractivity contribution in [2.75, 3.05) is 13.1 Å². The maximum Gasteiger partial charge on any atom is 0.120 e. The molecular formula is C14H21NO. The van der Waals surface area contributed by atoms with Gasteiger partial charge in [0.05, 0.1) is 0 Å². The smallest absolute Gasteiger partial charge is 0.120 e. The molecule has 1 N–H and O–H groups in total. The number of rotatable bonds is 2. The van der Waals surface area contributed by atoms with Gasteiger partial charge >= 0.3 is 0 Å². The van der Waals surface area contributed by atoms with Crippen LogP contribution in [-0.2, 0) is 0 Å². The molecule has 16 heavy (non-hydrogen) atoms. The van der Waals surface area contributed by atoms with Crippen LogP contribution in [0.2, 0.25) is 0 Å². The first-order chi connectivity index (χ1) is 7.68. The summed E-state index contributed by atoms with van der Waals surface area (Å²) in [4.78, 5) is 0. The molecule has 0 bridgehead atoms. The van der Waals surface area contributed by atoms with E-state index < -0.39 is 0 Å². The molecule has 0 saturated carbocycles. The normalized spacial score (nSPS) is 26.1. The Hall–Kier alpha value is -1.02. The van der Waals surface area contributed by atoms with E-state index in [4.69, 9.17) is 4.74 Å². The fraction of sp³-hybridized carbons (Fsp3) is 0.571. The Bertz CT molecular complexity index is 323. The summed E-state index contributed by atoms with van der Waals surface area (Å²) >= 11 is 0. The van der Waals surface area contributed by atoms with Crippen molar-refractivity contribution in [2.45, 2.75) is 38.7 Å². The van der Waals surface area contributed by atoms with E-state index in [1.807, 2.05) is 0 Å². The van der Waals surface area contributed by atoms with Gasteiger partial charge in [0, 0.05) is 0 Å². The van der Waals surface area contributed by atoms with Crippen molar-refractivity contribution in [3.63, 3.8) is 0 Å². The number of benzene rings is 1. The van der Waals surface area contributed by atoms with Crippen molar-refractivity contribution >= 4 is 0 Å². The largest absolute Gasteiger partial charge is 0.488 e. The highest BCUT2D eigenvalue weighted by atomic mass is 16.5. The van der Waals surface area contributed by atoms with E-state index in [1.54, 1.807) is 0 Å². The van der Waals surface area contributed by atoms with E-state index >= 15 is 0 Å². The Balaban J connectivity index is 2.04. The number of hydrogen-bond acceptors (Lipinski definition) is 2. The minimum absolute atomic E-state index is 0.00123. The van der Waals surface area contributed by atoms with Gasteiger partial charge in [0.2, 0.25) is 0 Å². The maximum absolute atomic E-state index is 6.14. The van der Waals surface area contributed by atoms with E-state index in [0.717, 1.165) is 31.7 Å². The number of ether oxygens (including phenoxy) is 1. The van der Waals surface area contributed by atoms with Gasteiger partial charge in [-0.15, -0.1) is 0 Å². The highest BCUT2D eigenvalue weighted by molar-refractivity contribution is 5.27. The molecule has 1 aromatic carbocycles. The first-order valence-electron chi connectivity index (χ1n) is 6.14. The summed E-state index contributed by atoms with van der Waals surface area (Å²) in [6.07, 6.45) is 3.41. The summed E-state index contributed by atoms with van der Waals surface area (Å²) in [5, 5.41) is 3.42. The summed E-state index contributed by atoms with van der Waals surface area (Å²) in [7, 11) is 0. The number of nitrogens with one attached hydrogen (secondary N) is 1. The second-order valence-corrected chi connectivity index (χ2v) is 4.97. The monoisotopic (exact) mass is 219 g/mol. The van der Waals surface area contributed by atoms with Crippen LogP contribution in [-0.4, -0.2) is 18.7 Å². The Labute approximate surface area is 98.0 Å². The third-order valence-electron chi connectivity index (χ3n) is 3.28. The molecular weight excluding hydrogens is 198 g/mol. The molecule has 2 nitrogen and oxygen atoms in total. The lowest BCUT2D eigenvalue weighted by Crippen LogP contribution is -2.33. The Kier molecular flexibility index (Phi) is 3.49. The van der Waals surface area contributed by atoms with Crippen LogP contribution in [0.1, 0.15) is 31.7 Å². The molecule has 0 aliphatic carbocycles. The molecule has 1 aliphatic rings. The van der Waals surface area contributed by atoms with Crippen LogP contribution in [0.5, 0.6) is 5.75 Å².